The van der Waals surface area contributed by atoms with Crippen LogP contribution in [0.3, 0.4) is 0 Å². The first-order valence-electron chi connectivity index (χ1n) is 7.48. The summed E-state index contributed by atoms with van der Waals surface area (Å²) < 4.78 is 13.2. The molecule has 2 nitrogen and oxygen atoms in total. The third-order valence-electron chi connectivity index (χ3n) is 4.62. The van der Waals surface area contributed by atoms with Crippen molar-refractivity contribution in [1.29, 1.82) is 0 Å². The molecule has 2 aromatic rings. The van der Waals surface area contributed by atoms with Crippen molar-refractivity contribution >= 4 is 0 Å². The molecule has 3 rings (SSSR count). The molecule has 1 aliphatic carbocycles. The smallest absolute Gasteiger partial charge is 0.123 e. The third-order valence-corrected chi connectivity index (χ3v) is 4.62. The van der Waals surface area contributed by atoms with Crippen molar-refractivity contribution in [2.45, 2.75) is 38.1 Å². The van der Waals surface area contributed by atoms with Gasteiger partial charge in [0.15, 0.2) is 0 Å². The molecule has 0 amide bonds. The fourth-order valence-corrected chi connectivity index (χ4v) is 3.45. The first-order valence-corrected chi connectivity index (χ1v) is 7.48. The average Bonchev–Trinajstić information content (AvgIpc) is 2.91. The van der Waals surface area contributed by atoms with Gasteiger partial charge < -0.3 is 0 Å². The Bertz CT molecular complexity index is 639. The first-order chi connectivity index (χ1) is 10.2. The van der Waals surface area contributed by atoms with E-state index in [1.807, 2.05) is 13.0 Å². The van der Waals surface area contributed by atoms with Crippen LogP contribution < -0.4 is 11.3 Å². The minimum absolute atomic E-state index is 0.179. The summed E-state index contributed by atoms with van der Waals surface area (Å²) in [4.78, 5) is 0. The van der Waals surface area contributed by atoms with Gasteiger partial charge in [-0.1, -0.05) is 30.3 Å². The number of rotatable bonds is 4. The molecule has 3 heteroatoms. The lowest BCUT2D eigenvalue weighted by Gasteiger charge is -2.24. The second kappa shape index (κ2) is 5.96. The largest absolute Gasteiger partial charge is 0.271 e. The number of benzene rings is 2. The molecule has 2 aromatic carbocycles. The minimum Gasteiger partial charge on any atom is -0.271 e. The summed E-state index contributed by atoms with van der Waals surface area (Å²) in [6, 6.07) is 13.8. The first kappa shape index (κ1) is 14.2. The maximum absolute atomic E-state index is 13.2. The second-order valence-electron chi connectivity index (χ2n) is 5.89. The number of halogens is 1. The molecule has 3 N–H and O–H groups in total. The standard InChI is InChI=1S/C18H21FN2/c1-12-10-15(19)8-6-14(12)11-18(21-20)17-9-7-13-4-2-3-5-16(13)17/h2-6,8,10,17-18,21H,7,9,11,20H2,1H3. The normalized spacial score (nSPS) is 18.5. The van der Waals surface area contributed by atoms with Gasteiger partial charge in [0.2, 0.25) is 0 Å². The Hall–Kier alpha value is -1.71. The van der Waals surface area contributed by atoms with E-state index >= 15 is 0 Å². The van der Waals surface area contributed by atoms with E-state index in [2.05, 4.69) is 29.7 Å². The van der Waals surface area contributed by atoms with Gasteiger partial charge in [-0.2, -0.15) is 0 Å². The molecule has 21 heavy (non-hydrogen) atoms. The van der Waals surface area contributed by atoms with Crippen LogP contribution in [-0.4, -0.2) is 6.04 Å². The fourth-order valence-electron chi connectivity index (χ4n) is 3.45. The maximum atomic E-state index is 13.2. The molecule has 0 aliphatic heterocycles. The average molecular weight is 284 g/mol. The second-order valence-corrected chi connectivity index (χ2v) is 5.89. The van der Waals surface area contributed by atoms with E-state index in [9.17, 15) is 4.39 Å². The summed E-state index contributed by atoms with van der Waals surface area (Å²) in [5, 5.41) is 0. The van der Waals surface area contributed by atoms with Gasteiger partial charge in [-0.15, -0.1) is 0 Å². The van der Waals surface area contributed by atoms with Crippen LogP contribution in [-0.2, 0) is 12.8 Å². The van der Waals surface area contributed by atoms with Crippen molar-refractivity contribution in [1.82, 2.24) is 5.43 Å². The molecular formula is C18H21FN2. The van der Waals surface area contributed by atoms with Crippen LogP contribution in [0.1, 0.15) is 34.6 Å². The van der Waals surface area contributed by atoms with E-state index in [1.165, 1.54) is 17.2 Å². The monoisotopic (exact) mass is 284 g/mol. The number of hydrazine groups is 1. The van der Waals surface area contributed by atoms with E-state index in [1.54, 1.807) is 6.07 Å². The number of hydrogen-bond acceptors (Lipinski definition) is 2. The highest BCUT2D eigenvalue weighted by atomic mass is 19.1. The van der Waals surface area contributed by atoms with Crippen LogP contribution in [0.15, 0.2) is 42.5 Å². The van der Waals surface area contributed by atoms with Crippen molar-refractivity contribution in [3.8, 4) is 0 Å². The molecule has 110 valence electrons. The zero-order valence-electron chi connectivity index (χ0n) is 12.3. The van der Waals surface area contributed by atoms with Crippen LogP contribution in [0, 0.1) is 12.7 Å². The predicted octanol–water partition coefficient (Wildman–Crippen LogP) is 3.24. The molecule has 0 radical (unpaired) electrons. The van der Waals surface area contributed by atoms with E-state index in [0.29, 0.717) is 5.92 Å². The van der Waals surface area contributed by atoms with E-state index in [4.69, 9.17) is 5.84 Å². The molecule has 2 atom stereocenters. The number of nitrogens with one attached hydrogen (secondary N) is 1. The van der Waals surface area contributed by atoms with E-state index < -0.39 is 0 Å². The van der Waals surface area contributed by atoms with Gasteiger partial charge in [-0.25, -0.2) is 4.39 Å². The molecule has 0 aromatic heterocycles. The van der Waals surface area contributed by atoms with Crippen LogP contribution in [0.5, 0.6) is 0 Å². The minimum atomic E-state index is -0.181. The van der Waals surface area contributed by atoms with E-state index in [-0.39, 0.29) is 11.9 Å². The molecule has 0 spiro atoms. The summed E-state index contributed by atoms with van der Waals surface area (Å²) in [5.74, 6) is 6.06. The Morgan fingerprint density at radius 3 is 2.86 bits per heavy atom. The SMILES string of the molecule is Cc1cc(F)ccc1CC(NN)C1CCc2ccccc21. The van der Waals surface area contributed by atoms with Gasteiger partial charge in [-0.3, -0.25) is 11.3 Å². The van der Waals surface area contributed by atoms with Crippen LogP contribution in [0.25, 0.3) is 0 Å². The van der Waals surface area contributed by atoms with Gasteiger partial charge >= 0.3 is 0 Å². The van der Waals surface area contributed by atoms with Crippen LogP contribution in [0.4, 0.5) is 4.39 Å². The lowest BCUT2D eigenvalue weighted by Crippen LogP contribution is -2.41. The summed E-state index contributed by atoms with van der Waals surface area (Å²) >= 11 is 0. The maximum Gasteiger partial charge on any atom is 0.123 e. The lowest BCUT2D eigenvalue weighted by molar-refractivity contribution is 0.433. The Morgan fingerprint density at radius 1 is 1.29 bits per heavy atom. The Balaban J connectivity index is 1.83. The van der Waals surface area contributed by atoms with Gasteiger partial charge in [0.05, 0.1) is 0 Å². The number of nitrogens with two attached hydrogens (primary N) is 1. The highest BCUT2D eigenvalue weighted by Crippen LogP contribution is 2.36. The van der Waals surface area contributed by atoms with E-state index in [0.717, 1.165) is 30.4 Å². The number of fused-ring (bicyclic) bond motifs is 1. The molecule has 0 heterocycles. The van der Waals surface area contributed by atoms with Crippen molar-refractivity contribution in [2.75, 3.05) is 0 Å². The molecular weight excluding hydrogens is 263 g/mol. The summed E-state index contributed by atoms with van der Waals surface area (Å²) in [5.41, 5.74) is 7.96. The Labute approximate surface area is 125 Å². The topological polar surface area (TPSA) is 38.0 Å². The fraction of sp³-hybridized carbons (Fsp3) is 0.333. The summed E-state index contributed by atoms with van der Waals surface area (Å²) in [7, 11) is 0. The van der Waals surface area contributed by atoms with Crippen LogP contribution >= 0.6 is 0 Å². The highest BCUT2D eigenvalue weighted by Gasteiger charge is 2.29. The van der Waals surface area contributed by atoms with Gasteiger partial charge in [0.25, 0.3) is 0 Å². The molecule has 1 aliphatic rings. The van der Waals surface area contributed by atoms with Crippen molar-refractivity contribution in [2.24, 2.45) is 5.84 Å². The third kappa shape index (κ3) is 2.85. The van der Waals surface area contributed by atoms with Gasteiger partial charge in [-0.05, 0) is 60.6 Å². The highest BCUT2D eigenvalue weighted by molar-refractivity contribution is 5.37. The van der Waals surface area contributed by atoms with Crippen molar-refractivity contribution in [3.05, 3.63) is 70.5 Å². The summed E-state index contributed by atoms with van der Waals surface area (Å²) in [6.07, 6.45) is 3.05. The van der Waals surface area contributed by atoms with Gasteiger partial charge in [0.1, 0.15) is 5.82 Å². The molecule has 2 unspecified atom stereocenters. The Morgan fingerprint density at radius 2 is 2.10 bits per heavy atom. The Kier molecular flexibility index (Phi) is 4.04. The zero-order chi connectivity index (χ0) is 14.8. The molecule has 0 saturated heterocycles. The lowest BCUT2D eigenvalue weighted by atomic mass is 9.88. The van der Waals surface area contributed by atoms with Crippen molar-refractivity contribution in [3.63, 3.8) is 0 Å². The molecule has 0 saturated carbocycles. The van der Waals surface area contributed by atoms with Gasteiger partial charge in [0, 0.05) is 12.0 Å². The molecule has 0 bridgehead atoms. The number of aryl methyl sites for hydroxylation is 2. The number of hydrogen-bond donors (Lipinski definition) is 2. The zero-order valence-corrected chi connectivity index (χ0v) is 12.3. The molecule has 0 fully saturated rings. The van der Waals surface area contributed by atoms with Crippen molar-refractivity contribution < 1.29 is 4.39 Å². The summed E-state index contributed by atoms with van der Waals surface area (Å²) in [6.45, 7) is 1.95. The predicted molar refractivity (Wildman–Crippen MR) is 83.5 cm³/mol. The van der Waals surface area contributed by atoms with Crippen LogP contribution in [0.2, 0.25) is 0 Å². The quantitative estimate of drug-likeness (QED) is 0.668.